The summed E-state index contributed by atoms with van der Waals surface area (Å²) in [6.45, 7) is 3.39. The Kier molecular flexibility index (Phi) is 4.57. The molecule has 1 heterocycles. The third-order valence-electron chi connectivity index (χ3n) is 3.84. The van der Waals surface area contributed by atoms with Gasteiger partial charge in [0.25, 0.3) is 0 Å². The summed E-state index contributed by atoms with van der Waals surface area (Å²) >= 11 is 0. The van der Waals surface area contributed by atoms with Gasteiger partial charge < -0.3 is 10.6 Å². The number of hydrogen-bond donors (Lipinski definition) is 2. The summed E-state index contributed by atoms with van der Waals surface area (Å²) in [7, 11) is 2.07. The monoisotopic (exact) mass is 232 g/mol. The minimum atomic E-state index is 0.479. The normalized spacial score (nSPS) is 22.4. The van der Waals surface area contributed by atoms with Crippen molar-refractivity contribution in [3.05, 3.63) is 35.4 Å². The first-order valence-corrected chi connectivity index (χ1v) is 6.77. The molecule has 2 atom stereocenters. The lowest BCUT2D eigenvalue weighted by Gasteiger charge is -2.28. The van der Waals surface area contributed by atoms with Crippen LogP contribution in [0.4, 0.5) is 0 Å². The van der Waals surface area contributed by atoms with E-state index in [1.54, 1.807) is 0 Å². The second-order valence-electron chi connectivity index (χ2n) is 5.08. The predicted octanol–water partition coefficient (Wildman–Crippen LogP) is 2.79. The fourth-order valence-electron chi connectivity index (χ4n) is 2.79. The first-order chi connectivity index (χ1) is 8.31. The van der Waals surface area contributed by atoms with E-state index in [-0.39, 0.29) is 0 Å². The van der Waals surface area contributed by atoms with Gasteiger partial charge in [-0.15, -0.1) is 0 Å². The lowest BCUT2D eigenvalue weighted by molar-refractivity contribution is 0.346. The third kappa shape index (κ3) is 3.30. The topological polar surface area (TPSA) is 24.1 Å². The summed E-state index contributed by atoms with van der Waals surface area (Å²) in [5.41, 5.74) is 2.84. The minimum Gasteiger partial charge on any atom is -0.314 e. The maximum atomic E-state index is 3.63. The summed E-state index contributed by atoms with van der Waals surface area (Å²) in [5, 5.41) is 7.10. The van der Waals surface area contributed by atoms with Crippen molar-refractivity contribution < 1.29 is 0 Å². The molecule has 1 saturated heterocycles. The van der Waals surface area contributed by atoms with Gasteiger partial charge in [0, 0.05) is 12.1 Å². The van der Waals surface area contributed by atoms with E-state index in [1.165, 1.54) is 43.4 Å². The standard InChI is InChI=1S/C15H24N2/c1-12-7-3-4-9-14(12)15(16-2)11-13-8-5-6-10-17-13/h3-4,7,9,13,15-17H,5-6,8,10-11H2,1-2H3. The molecule has 1 aromatic carbocycles. The summed E-state index contributed by atoms with van der Waals surface area (Å²) in [4.78, 5) is 0. The van der Waals surface area contributed by atoms with Crippen LogP contribution in [0.5, 0.6) is 0 Å². The van der Waals surface area contributed by atoms with Crippen LogP contribution < -0.4 is 10.6 Å². The summed E-state index contributed by atoms with van der Waals surface area (Å²) < 4.78 is 0. The van der Waals surface area contributed by atoms with Gasteiger partial charge >= 0.3 is 0 Å². The molecule has 0 amide bonds. The van der Waals surface area contributed by atoms with Gasteiger partial charge in [0.1, 0.15) is 0 Å². The smallest absolute Gasteiger partial charge is 0.0335 e. The predicted molar refractivity (Wildman–Crippen MR) is 73.2 cm³/mol. The van der Waals surface area contributed by atoms with Gasteiger partial charge in [-0.1, -0.05) is 30.7 Å². The van der Waals surface area contributed by atoms with E-state index in [0.29, 0.717) is 12.1 Å². The highest BCUT2D eigenvalue weighted by atomic mass is 14.9. The lowest BCUT2D eigenvalue weighted by Crippen LogP contribution is -2.37. The second-order valence-corrected chi connectivity index (χ2v) is 5.08. The van der Waals surface area contributed by atoms with Gasteiger partial charge in [-0.05, 0) is 50.9 Å². The molecule has 2 nitrogen and oxygen atoms in total. The molecule has 2 unspecified atom stereocenters. The summed E-state index contributed by atoms with van der Waals surface area (Å²) in [5.74, 6) is 0. The molecule has 2 heteroatoms. The van der Waals surface area contributed by atoms with E-state index >= 15 is 0 Å². The fourth-order valence-corrected chi connectivity index (χ4v) is 2.79. The molecule has 0 aliphatic carbocycles. The van der Waals surface area contributed by atoms with Crippen LogP contribution >= 0.6 is 0 Å². The Labute approximate surface area is 105 Å². The minimum absolute atomic E-state index is 0.479. The number of piperidine rings is 1. The van der Waals surface area contributed by atoms with Crippen LogP contribution in [-0.4, -0.2) is 19.6 Å². The van der Waals surface area contributed by atoms with Crippen molar-refractivity contribution in [2.75, 3.05) is 13.6 Å². The van der Waals surface area contributed by atoms with Crippen molar-refractivity contribution in [2.45, 2.75) is 44.7 Å². The molecule has 0 aromatic heterocycles. The van der Waals surface area contributed by atoms with Gasteiger partial charge in [0.2, 0.25) is 0 Å². The van der Waals surface area contributed by atoms with E-state index < -0.39 is 0 Å². The third-order valence-corrected chi connectivity index (χ3v) is 3.84. The lowest BCUT2D eigenvalue weighted by atomic mass is 9.92. The number of hydrogen-bond acceptors (Lipinski definition) is 2. The molecule has 17 heavy (non-hydrogen) atoms. The maximum Gasteiger partial charge on any atom is 0.0335 e. The Morgan fingerprint density at radius 2 is 2.18 bits per heavy atom. The zero-order chi connectivity index (χ0) is 12.1. The van der Waals surface area contributed by atoms with Gasteiger partial charge in [0.15, 0.2) is 0 Å². The van der Waals surface area contributed by atoms with Gasteiger partial charge in [-0.3, -0.25) is 0 Å². The number of aryl methyl sites for hydroxylation is 1. The van der Waals surface area contributed by atoms with E-state index in [4.69, 9.17) is 0 Å². The highest BCUT2D eigenvalue weighted by molar-refractivity contribution is 5.28. The van der Waals surface area contributed by atoms with E-state index in [2.05, 4.69) is 48.9 Å². The first kappa shape index (κ1) is 12.6. The highest BCUT2D eigenvalue weighted by Crippen LogP contribution is 2.24. The highest BCUT2D eigenvalue weighted by Gasteiger charge is 2.19. The SMILES string of the molecule is CNC(CC1CCCCN1)c1ccccc1C. The van der Waals surface area contributed by atoms with Crippen molar-refractivity contribution in [3.8, 4) is 0 Å². The van der Waals surface area contributed by atoms with Crippen LogP contribution in [0.15, 0.2) is 24.3 Å². The number of benzene rings is 1. The van der Waals surface area contributed by atoms with Crippen molar-refractivity contribution in [2.24, 2.45) is 0 Å². The van der Waals surface area contributed by atoms with Crippen LogP contribution in [0.2, 0.25) is 0 Å². The van der Waals surface area contributed by atoms with Crippen LogP contribution in [0.3, 0.4) is 0 Å². The number of rotatable bonds is 4. The van der Waals surface area contributed by atoms with Crippen molar-refractivity contribution >= 4 is 0 Å². The molecule has 2 rings (SSSR count). The second kappa shape index (κ2) is 6.18. The Hall–Kier alpha value is -0.860. The molecule has 1 fully saturated rings. The van der Waals surface area contributed by atoms with Crippen molar-refractivity contribution in [1.29, 1.82) is 0 Å². The largest absolute Gasteiger partial charge is 0.314 e. The Morgan fingerprint density at radius 3 is 2.82 bits per heavy atom. The van der Waals surface area contributed by atoms with Crippen LogP contribution in [0.1, 0.15) is 42.9 Å². The molecule has 0 radical (unpaired) electrons. The fraction of sp³-hybridized carbons (Fsp3) is 0.600. The average Bonchev–Trinajstić information content (AvgIpc) is 2.38. The summed E-state index contributed by atoms with van der Waals surface area (Å²) in [6.07, 6.45) is 5.23. The van der Waals surface area contributed by atoms with E-state index in [0.717, 1.165) is 0 Å². The Balaban J connectivity index is 2.03. The van der Waals surface area contributed by atoms with Gasteiger partial charge in [0.05, 0.1) is 0 Å². The van der Waals surface area contributed by atoms with Gasteiger partial charge in [-0.25, -0.2) is 0 Å². The molecule has 0 saturated carbocycles. The quantitative estimate of drug-likeness (QED) is 0.834. The van der Waals surface area contributed by atoms with Gasteiger partial charge in [-0.2, -0.15) is 0 Å². The molecule has 0 bridgehead atoms. The molecular weight excluding hydrogens is 208 g/mol. The average molecular weight is 232 g/mol. The molecule has 2 N–H and O–H groups in total. The number of nitrogens with one attached hydrogen (secondary N) is 2. The maximum absolute atomic E-state index is 3.63. The first-order valence-electron chi connectivity index (χ1n) is 6.77. The molecule has 1 aliphatic rings. The van der Waals surface area contributed by atoms with Crippen LogP contribution in [0, 0.1) is 6.92 Å². The molecule has 0 spiro atoms. The Morgan fingerprint density at radius 1 is 1.35 bits per heavy atom. The zero-order valence-corrected chi connectivity index (χ0v) is 11.0. The molecular formula is C15H24N2. The molecule has 94 valence electrons. The Bertz CT molecular complexity index is 343. The molecule has 1 aromatic rings. The van der Waals surface area contributed by atoms with E-state index in [9.17, 15) is 0 Å². The molecule has 1 aliphatic heterocycles. The summed E-state index contributed by atoms with van der Waals surface area (Å²) in [6, 6.07) is 9.87. The van der Waals surface area contributed by atoms with Crippen LogP contribution in [0.25, 0.3) is 0 Å². The van der Waals surface area contributed by atoms with Crippen LogP contribution in [-0.2, 0) is 0 Å². The van der Waals surface area contributed by atoms with Crippen molar-refractivity contribution in [3.63, 3.8) is 0 Å². The van der Waals surface area contributed by atoms with Crippen molar-refractivity contribution in [1.82, 2.24) is 10.6 Å². The zero-order valence-electron chi connectivity index (χ0n) is 11.0. The van der Waals surface area contributed by atoms with E-state index in [1.807, 2.05) is 0 Å².